The quantitative estimate of drug-likeness (QED) is 0.613. The molecule has 1 amide bonds. The maximum atomic E-state index is 12.3. The number of ether oxygens (including phenoxy) is 2. The molecular formula is C21H32N2O7. The first-order valence-electron chi connectivity index (χ1n) is 9.68. The maximum absolute atomic E-state index is 12.3. The van der Waals surface area contributed by atoms with Crippen molar-refractivity contribution in [3.05, 3.63) is 23.8 Å². The van der Waals surface area contributed by atoms with E-state index in [1.54, 1.807) is 14.2 Å². The fraction of sp³-hybridized carbons (Fsp3) is 0.571. The van der Waals surface area contributed by atoms with Gasteiger partial charge in [-0.05, 0) is 52.8 Å². The van der Waals surface area contributed by atoms with Gasteiger partial charge in [-0.15, -0.1) is 0 Å². The van der Waals surface area contributed by atoms with Gasteiger partial charge in [-0.2, -0.15) is 0 Å². The Labute approximate surface area is 177 Å². The third-order valence-corrected chi connectivity index (χ3v) is 4.53. The number of carboxylic acid groups (broad SMARTS) is 2. The molecular weight excluding hydrogens is 392 g/mol. The van der Waals surface area contributed by atoms with Crippen molar-refractivity contribution in [2.45, 2.75) is 45.7 Å². The van der Waals surface area contributed by atoms with Crippen molar-refractivity contribution in [1.82, 2.24) is 10.2 Å². The van der Waals surface area contributed by atoms with Crippen molar-refractivity contribution in [2.75, 3.05) is 27.3 Å². The number of hydrogen-bond donors (Lipinski definition) is 3. The van der Waals surface area contributed by atoms with E-state index in [9.17, 15) is 4.79 Å². The maximum Gasteiger partial charge on any atom is 0.414 e. The first-order chi connectivity index (χ1) is 14.0. The summed E-state index contributed by atoms with van der Waals surface area (Å²) in [5.41, 5.74) is 0.987. The van der Waals surface area contributed by atoms with Crippen molar-refractivity contribution in [3.63, 3.8) is 0 Å². The zero-order valence-corrected chi connectivity index (χ0v) is 18.2. The SMILES string of the molecule is COc1ccc(CN2CCC(C(=O)NC(C)(C)C)CC2)c(OC)c1.O=C(O)C(=O)O. The number of likely N-dealkylation sites (tertiary alicyclic amines) is 1. The molecule has 2 rings (SSSR count). The molecule has 3 N–H and O–H groups in total. The van der Waals surface area contributed by atoms with Crippen molar-refractivity contribution in [1.29, 1.82) is 0 Å². The Bertz CT molecular complexity index is 723. The van der Waals surface area contributed by atoms with Crippen LogP contribution < -0.4 is 14.8 Å². The Morgan fingerprint density at radius 2 is 1.63 bits per heavy atom. The molecule has 9 nitrogen and oxygen atoms in total. The highest BCUT2D eigenvalue weighted by Crippen LogP contribution is 2.27. The van der Waals surface area contributed by atoms with Gasteiger partial charge >= 0.3 is 11.9 Å². The van der Waals surface area contributed by atoms with Crippen LogP contribution in [0, 0.1) is 5.92 Å². The summed E-state index contributed by atoms with van der Waals surface area (Å²) >= 11 is 0. The molecule has 1 aliphatic heterocycles. The summed E-state index contributed by atoms with van der Waals surface area (Å²) in [6.45, 7) is 8.76. The lowest BCUT2D eigenvalue weighted by molar-refractivity contribution is -0.159. The monoisotopic (exact) mass is 424 g/mol. The molecule has 1 aromatic carbocycles. The average Bonchev–Trinajstić information content (AvgIpc) is 2.68. The molecule has 0 saturated carbocycles. The van der Waals surface area contributed by atoms with Crippen LogP contribution in [0.2, 0.25) is 0 Å². The lowest BCUT2D eigenvalue weighted by Gasteiger charge is -2.33. The van der Waals surface area contributed by atoms with Gasteiger partial charge in [0, 0.05) is 29.6 Å². The standard InChI is InChI=1S/C19H30N2O3.C2H2O4/c1-19(2,3)20-18(22)14-8-10-21(11-9-14)13-15-6-7-16(23-4)12-17(15)24-5;3-1(4)2(5)6/h6-7,12,14H,8-11,13H2,1-5H3,(H,20,22);(H,3,4)(H,5,6). The highest BCUT2D eigenvalue weighted by Gasteiger charge is 2.27. The van der Waals surface area contributed by atoms with Gasteiger partial charge in [0.05, 0.1) is 14.2 Å². The van der Waals surface area contributed by atoms with Crippen LogP contribution in [-0.4, -0.2) is 65.8 Å². The number of benzene rings is 1. The minimum absolute atomic E-state index is 0.123. The number of carbonyl (C=O) groups is 3. The van der Waals surface area contributed by atoms with Gasteiger partial charge in [-0.3, -0.25) is 9.69 Å². The van der Waals surface area contributed by atoms with Gasteiger partial charge in [0.25, 0.3) is 0 Å². The van der Waals surface area contributed by atoms with Crippen molar-refractivity contribution >= 4 is 17.8 Å². The molecule has 9 heteroatoms. The van der Waals surface area contributed by atoms with Crippen LogP contribution in [0.1, 0.15) is 39.2 Å². The van der Waals surface area contributed by atoms with E-state index in [0.717, 1.165) is 49.5 Å². The lowest BCUT2D eigenvalue weighted by Crippen LogP contribution is -2.46. The van der Waals surface area contributed by atoms with Gasteiger partial charge in [-0.25, -0.2) is 9.59 Å². The van der Waals surface area contributed by atoms with Gasteiger partial charge in [-0.1, -0.05) is 6.07 Å². The molecule has 0 spiro atoms. The molecule has 0 bridgehead atoms. The van der Waals surface area contributed by atoms with Gasteiger partial charge in [0.2, 0.25) is 5.91 Å². The molecule has 1 fully saturated rings. The second-order valence-corrected chi connectivity index (χ2v) is 8.08. The second kappa shape index (κ2) is 11.4. The summed E-state index contributed by atoms with van der Waals surface area (Å²) in [5.74, 6) is -1.69. The summed E-state index contributed by atoms with van der Waals surface area (Å²) in [6.07, 6.45) is 1.81. The molecule has 168 valence electrons. The van der Waals surface area contributed by atoms with Crippen LogP contribution in [0.5, 0.6) is 11.5 Å². The third-order valence-electron chi connectivity index (χ3n) is 4.53. The molecule has 0 radical (unpaired) electrons. The highest BCUT2D eigenvalue weighted by molar-refractivity contribution is 6.27. The number of hydrogen-bond acceptors (Lipinski definition) is 6. The molecule has 0 aliphatic carbocycles. The number of nitrogens with zero attached hydrogens (tertiary/aromatic N) is 1. The first-order valence-corrected chi connectivity index (χ1v) is 9.68. The number of piperidine rings is 1. The van der Waals surface area contributed by atoms with Crippen LogP contribution in [-0.2, 0) is 20.9 Å². The third kappa shape index (κ3) is 8.69. The van der Waals surface area contributed by atoms with Crippen LogP contribution in [0.25, 0.3) is 0 Å². The summed E-state index contributed by atoms with van der Waals surface area (Å²) in [6, 6.07) is 5.93. The predicted octanol–water partition coefficient (Wildman–Crippen LogP) is 1.99. The van der Waals surface area contributed by atoms with Gasteiger partial charge < -0.3 is 25.0 Å². The lowest BCUT2D eigenvalue weighted by atomic mass is 9.94. The van der Waals surface area contributed by atoms with E-state index in [2.05, 4.69) is 16.3 Å². The second-order valence-electron chi connectivity index (χ2n) is 8.08. The van der Waals surface area contributed by atoms with E-state index in [0.29, 0.717) is 0 Å². The Morgan fingerprint density at radius 1 is 1.07 bits per heavy atom. The van der Waals surface area contributed by atoms with E-state index in [4.69, 9.17) is 29.3 Å². The minimum atomic E-state index is -1.82. The van der Waals surface area contributed by atoms with E-state index in [1.165, 1.54) is 0 Å². The van der Waals surface area contributed by atoms with Crippen molar-refractivity contribution in [2.24, 2.45) is 5.92 Å². The Morgan fingerprint density at radius 3 is 2.07 bits per heavy atom. The van der Waals surface area contributed by atoms with Crippen molar-refractivity contribution in [3.8, 4) is 11.5 Å². The van der Waals surface area contributed by atoms with Crippen LogP contribution in [0.3, 0.4) is 0 Å². The molecule has 0 atom stereocenters. The van der Waals surface area contributed by atoms with Crippen LogP contribution >= 0.6 is 0 Å². The largest absolute Gasteiger partial charge is 0.497 e. The van der Waals surface area contributed by atoms with Crippen LogP contribution in [0.4, 0.5) is 0 Å². The number of rotatable bonds is 5. The molecule has 1 heterocycles. The van der Waals surface area contributed by atoms with Crippen molar-refractivity contribution < 1.29 is 34.1 Å². The minimum Gasteiger partial charge on any atom is -0.497 e. The zero-order valence-electron chi connectivity index (χ0n) is 18.2. The Balaban J connectivity index is 0.000000656. The van der Waals surface area contributed by atoms with Gasteiger partial charge in [0.15, 0.2) is 0 Å². The highest BCUT2D eigenvalue weighted by atomic mass is 16.5. The number of aliphatic carboxylic acids is 2. The molecule has 0 unspecified atom stereocenters. The summed E-state index contributed by atoms with van der Waals surface area (Å²) in [7, 11) is 3.34. The normalized spacial score (nSPS) is 14.8. The number of carboxylic acids is 2. The van der Waals surface area contributed by atoms with E-state index < -0.39 is 11.9 Å². The van der Waals surface area contributed by atoms with E-state index >= 15 is 0 Å². The number of amides is 1. The van der Waals surface area contributed by atoms with Crippen LogP contribution in [0.15, 0.2) is 18.2 Å². The van der Waals surface area contributed by atoms with E-state index in [-0.39, 0.29) is 17.4 Å². The van der Waals surface area contributed by atoms with E-state index in [1.807, 2.05) is 32.9 Å². The molecule has 1 aliphatic rings. The average molecular weight is 424 g/mol. The summed E-state index contributed by atoms with van der Waals surface area (Å²) < 4.78 is 10.7. The molecule has 0 aromatic heterocycles. The first kappa shape index (κ1) is 25.2. The Hall–Kier alpha value is -2.81. The fourth-order valence-electron chi connectivity index (χ4n) is 3.05. The molecule has 30 heavy (non-hydrogen) atoms. The number of methoxy groups -OCH3 is 2. The molecule has 1 saturated heterocycles. The molecule has 1 aromatic rings. The fourth-order valence-corrected chi connectivity index (χ4v) is 3.05. The zero-order chi connectivity index (χ0) is 22.9. The summed E-state index contributed by atoms with van der Waals surface area (Å²) in [4.78, 5) is 32.9. The Kier molecular flexibility index (Phi) is 9.58. The topological polar surface area (TPSA) is 125 Å². The van der Waals surface area contributed by atoms with Gasteiger partial charge in [0.1, 0.15) is 11.5 Å². The number of nitrogens with one attached hydrogen (secondary N) is 1. The smallest absolute Gasteiger partial charge is 0.414 e. The number of carbonyl (C=O) groups excluding carboxylic acids is 1. The summed E-state index contributed by atoms with van der Waals surface area (Å²) in [5, 5.41) is 17.9. The predicted molar refractivity (Wildman–Crippen MR) is 111 cm³/mol.